The first kappa shape index (κ1) is 64.3. The number of ether oxygens (including phenoxy) is 1. The van der Waals surface area contributed by atoms with Crippen LogP contribution in [0.2, 0.25) is 0 Å². The molecule has 0 heterocycles. The normalized spacial score (nSPS) is 13.2. The van der Waals surface area contributed by atoms with Crippen LogP contribution in [0, 0.1) is 22.7 Å². The van der Waals surface area contributed by atoms with Crippen LogP contribution in [0.4, 0.5) is 0 Å². The van der Waals surface area contributed by atoms with E-state index in [9.17, 15) is 20.1 Å². The number of esters is 1. The molecule has 0 fully saturated rings. The van der Waals surface area contributed by atoms with Crippen molar-refractivity contribution >= 4 is 5.97 Å². The van der Waals surface area contributed by atoms with Crippen LogP contribution in [0.25, 0.3) is 0 Å². The lowest BCUT2D eigenvalue weighted by Crippen LogP contribution is -2.40. The zero-order valence-electron chi connectivity index (χ0n) is 45.2. The van der Waals surface area contributed by atoms with Gasteiger partial charge in [0, 0.05) is 0 Å². The summed E-state index contributed by atoms with van der Waals surface area (Å²) < 4.78 is 5.85. The highest BCUT2D eigenvalue weighted by Crippen LogP contribution is 2.44. The van der Waals surface area contributed by atoms with Crippen molar-refractivity contribution in [1.29, 1.82) is 0 Å². The Bertz CT molecular complexity index is 880. The molecule has 0 amide bonds. The summed E-state index contributed by atoms with van der Waals surface area (Å²) in [6.07, 6.45) is 61.9. The van der Waals surface area contributed by atoms with Crippen LogP contribution in [0.5, 0.6) is 0 Å². The highest BCUT2D eigenvalue weighted by Gasteiger charge is 2.35. The van der Waals surface area contributed by atoms with Crippen molar-refractivity contribution in [2.75, 3.05) is 26.4 Å². The van der Waals surface area contributed by atoms with E-state index in [1.807, 2.05) is 0 Å². The maximum absolute atomic E-state index is 13.8. The average Bonchev–Trinajstić information content (AvgIpc) is 3.32. The Morgan fingerprint density at radius 2 is 0.615 bits per heavy atom. The van der Waals surface area contributed by atoms with Crippen LogP contribution in [-0.4, -0.2) is 47.7 Å². The molecule has 0 rings (SSSR count). The molecule has 0 radical (unpaired) electrons. The Labute approximate surface area is 408 Å². The molecule has 0 aromatic rings. The summed E-state index contributed by atoms with van der Waals surface area (Å²) >= 11 is 0. The van der Waals surface area contributed by atoms with Gasteiger partial charge in [-0.2, -0.15) is 0 Å². The molecule has 2 atom stereocenters. The molecule has 0 aliphatic heterocycles. The van der Waals surface area contributed by atoms with Gasteiger partial charge in [-0.25, -0.2) is 0 Å². The zero-order valence-corrected chi connectivity index (χ0v) is 45.2. The number of hydrogen-bond donors (Lipinski definition) is 3. The van der Waals surface area contributed by atoms with Gasteiger partial charge in [0.05, 0.1) is 31.2 Å². The molecule has 0 aliphatic carbocycles. The standard InChI is InChI=1S/C60H120O5/c1-6-10-14-18-22-26-30-34-38-42-46-57(56(5)58(64)65-55-60(52-61,53-62)54-63)47-51-59(48-43-39-35-31-27-23-19-15-11-7-2,49-44-40-36-32-28-24-20-16-12-8-3)50-45-41-37-33-29-25-21-17-13-9-4/h56-57,61-63H,6-55H2,1-5H3. The largest absolute Gasteiger partial charge is 0.465 e. The van der Waals surface area contributed by atoms with Crippen molar-refractivity contribution in [3.63, 3.8) is 0 Å². The van der Waals surface area contributed by atoms with Gasteiger partial charge in [0.1, 0.15) is 6.61 Å². The third kappa shape index (κ3) is 37.9. The Morgan fingerprint density at radius 3 is 0.892 bits per heavy atom. The molecule has 5 nitrogen and oxygen atoms in total. The maximum atomic E-state index is 13.8. The van der Waals surface area contributed by atoms with Gasteiger partial charge in [-0.05, 0) is 49.9 Å². The van der Waals surface area contributed by atoms with Crippen LogP contribution in [0.15, 0.2) is 0 Å². The van der Waals surface area contributed by atoms with Crippen molar-refractivity contribution in [2.24, 2.45) is 22.7 Å². The van der Waals surface area contributed by atoms with Crippen molar-refractivity contribution < 1.29 is 24.9 Å². The Hall–Kier alpha value is -0.650. The van der Waals surface area contributed by atoms with Crippen molar-refractivity contribution in [2.45, 2.75) is 330 Å². The van der Waals surface area contributed by atoms with E-state index < -0.39 is 25.2 Å². The van der Waals surface area contributed by atoms with Crippen molar-refractivity contribution in [3.8, 4) is 0 Å². The van der Waals surface area contributed by atoms with Crippen LogP contribution in [-0.2, 0) is 9.53 Å². The second-order valence-electron chi connectivity index (χ2n) is 21.9. The minimum atomic E-state index is -1.20. The third-order valence-corrected chi connectivity index (χ3v) is 15.8. The summed E-state index contributed by atoms with van der Waals surface area (Å²) in [6, 6.07) is 0. The monoisotopic (exact) mass is 921 g/mol. The fourth-order valence-corrected chi connectivity index (χ4v) is 10.6. The third-order valence-electron chi connectivity index (χ3n) is 15.8. The van der Waals surface area contributed by atoms with E-state index in [0.717, 1.165) is 19.3 Å². The molecule has 5 heteroatoms. The Morgan fingerprint density at radius 1 is 0.354 bits per heavy atom. The maximum Gasteiger partial charge on any atom is 0.308 e. The van der Waals surface area contributed by atoms with Gasteiger partial charge >= 0.3 is 5.97 Å². The van der Waals surface area contributed by atoms with Crippen molar-refractivity contribution in [1.82, 2.24) is 0 Å². The van der Waals surface area contributed by atoms with Gasteiger partial charge < -0.3 is 20.1 Å². The topological polar surface area (TPSA) is 87.0 Å². The quantitative estimate of drug-likeness (QED) is 0.0418. The molecule has 0 aliphatic rings. The first-order chi connectivity index (χ1) is 31.8. The Balaban J connectivity index is 6.05. The fourth-order valence-electron chi connectivity index (χ4n) is 10.6. The lowest BCUT2D eigenvalue weighted by atomic mass is 9.68. The highest BCUT2D eigenvalue weighted by atomic mass is 16.5. The number of carbonyl (C=O) groups is 1. The first-order valence-electron chi connectivity index (χ1n) is 29.8. The number of rotatable bonds is 54. The number of unbranched alkanes of at least 4 members (excludes halogenated alkanes) is 36. The predicted molar refractivity (Wildman–Crippen MR) is 285 cm³/mol. The molecule has 390 valence electrons. The molecular weight excluding hydrogens is 801 g/mol. The summed E-state index contributed by atoms with van der Waals surface area (Å²) in [4.78, 5) is 13.8. The van der Waals surface area contributed by atoms with Crippen LogP contribution >= 0.6 is 0 Å². The molecule has 0 saturated carbocycles. The van der Waals surface area contributed by atoms with Gasteiger partial charge in [-0.15, -0.1) is 0 Å². The number of aliphatic hydroxyl groups excluding tert-OH is 3. The van der Waals surface area contributed by atoms with Gasteiger partial charge in [0.25, 0.3) is 0 Å². The van der Waals surface area contributed by atoms with E-state index in [1.165, 1.54) is 276 Å². The molecule has 0 saturated heterocycles. The predicted octanol–water partition coefficient (Wildman–Crippen LogP) is 18.8. The lowest BCUT2D eigenvalue weighted by Gasteiger charge is -2.37. The van der Waals surface area contributed by atoms with E-state index in [-0.39, 0.29) is 24.4 Å². The number of carbonyl (C=O) groups excluding carboxylic acids is 1. The molecular formula is C60H120O5. The minimum absolute atomic E-state index is 0.148. The SMILES string of the molecule is CCCCCCCCCCCCC(CCC(CCCCCCCCCCCC)(CCCCCCCCCCCC)CCCCCCCCCCCC)C(C)C(=O)OCC(CO)(CO)CO. The first-order valence-corrected chi connectivity index (χ1v) is 29.8. The van der Waals surface area contributed by atoms with E-state index in [1.54, 1.807) is 0 Å². The van der Waals surface area contributed by atoms with E-state index in [2.05, 4.69) is 34.6 Å². The Kier molecular flexibility index (Phi) is 47.9. The smallest absolute Gasteiger partial charge is 0.308 e. The van der Waals surface area contributed by atoms with Crippen LogP contribution < -0.4 is 0 Å². The van der Waals surface area contributed by atoms with Crippen LogP contribution in [0.3, 0.4) is 0 Å². The summed E-state index contributed by atoms with van der Waals surface area (Å²) in [5.74, 6) is -0.214. The van der Waals surface area contributed by atoms with Gasteiger partial charge in [-0.1, -0.05) is 291 Å². The van der Waals surface area contributed by atoms with Crippen molar-refractivity contribution in [3.05, 3.63) is 0 Å². The zero-order chi connectivity index (χ0) is 47.8. The molecule has 0 aromatic heterocycles. The number of hydrogen-bond acceptors (Lipinski definition) is 5. The molecule has 65 heavy (non-hydrogen) atoms. The van der Waals surface area contributed by atoms with Crippen LogP contribution in [0.1, 0.15) is 330 Å². The molecule has 3 N–H and O–H groups in total. The molecule has 2 unspecified atom stereocenters. The average molecular weight is 922 g/mol. The number of aliphatic hydroxyl groups is 3. The minimum Gasteiger partial charge on any atom is -0.465 e. The van der Waals surface area contributed by atoms with E-state index >= 15 is 0 Å². The lowest BCUT2D eigenvalue weighted by molar-refractivity contribution is -0.157. The van der Waals surface area contributed by atoms with E-state index in [0.29, 0.717) is 5.41 Å². The summed E-state index contributed by atoms with van der Waals surface area (Å²) in [5.41, 5.74) is -0.852. The van der Waals surface area contributed by atoms with Gasteiger partial charge in [0.15, 0.2) is 0 Å². The van der Waals surface area contributed by atoms with Gasteiger partial charge in [0.2, 0.25) is 0 Å². The van der Waals surface area contributed by atoms with E-state index in [4.69, 9.17) is 4.74 Å². The van der Waals surface area contributed by atoms with Gasteiger partial charge in [-0.3, -0.25) is 4.79 Å². The summed E-state index contributed by atoms with van der Waals surface area (Å²) in [6.45, 7) is 9.90. The molecule has 0 bridgehead atoms. The molecule has 0 spiro atoms. The summed E-state index contributed by atoms with van der Waals surface area (Å²) in [5, 5.41) is 29.9. The second kappa shape index (κ2) is 48.4. The summed E-state index contributed by atoms with van der Waals surface area (Å²) in [7, 11) is 0. The highest BCUT2D eigenvalue weighted by molar-refractivity contribution is 5.72. The second-order valence-corrected chi connectivity index (χ2v) is 21.9. The molecule has 0 aromatic carbocycles. The fraction of sp³-hybridized carbons (Fsp3) is 0.983.